The summed E-state index contributed by atoms with van der Waals surface area (Å²) in [5.41, 5.74) is 3.53. The van der Waals surface area contributed by atoms with Crippen LogP contribution < -0.4 is 5.32 Å². The van der Waals surface area contributed by atoms with Gasteiger partial charge in [0.1, 0.15) is 9.88 Å². The van der Waals surface area contributed by atoms with E-state index in [1.165, 1.54) is 11.3 Å². The molecule has 0 spiro atoms. The van der Waals surface area contributed by atoms with Crippen LogP contribution in [-0.2, 0) is 0 Å². The largest absolute Gasteiger partial charge is 0.321 e. The number of aryl methyl sites for hydroxylation is 2. The molecule has 5 heteroatoms. The fraction of sp³-hybridized carbons (Fsp3) is 0.111. The van der Waals surface area contributed by atoms with Crippen LogP contribution in [-0.4, -0.2) is 10.9 Å². The van der Waals surface area contributed by atoms with E-state index < -0.39 is 0 Å². The number of rotatable bonds is 3. The van der Waals surface area contributed by atoms with Crippen LogP contribution in [0.2, 0.25) is 5.02 Å². The molecule has 1 heterocycles. The van der Waals surface area contributed by atoms with E-state index in [1.54, 1.807) is 0 Å². The van der Waals surface area contributed by atoms with Crippen molar-refractivity contribution < 1.29 is 4.79 Å². The van der Waals surface area contributed by atoms with Gasteiger partial charge in [-0.3, -0.25) is 4.79 Å². The quantitative estimate of drug-likeness (QED) is 0.698. The normalized spacial score (nSPS) is 10.6. The van der Waals surface area contributed by atoms with Gasteiger partial charge in [0.25, 0.3) is 5.91 Å². The first-order valence-electron chi connectivity index (χ1n) is 7.15. The summed E-state index contributed by atoms with van der Waals surface area (Å²) in [5, 5.41) is 4.45. The number of nitrogens with zero attached hydrogens (tertiary/aromatic N) is 1. The fourth-order valence-corrected chi connectivity index (χ4v) is 3.31. The Morgan fingerprint density at radius 3 is 2.48 bits per heavy atom. The second kappa shape index (κ2) is 6.52. The molecule has 3 nitrogen and oxygen atoms in total. The summed E-state index contributed by atoms with van der Waals surface area (Å²) in [6, 6.07) is 15.2. The molecule has 2 aromatic carbocycles. The van der Waals surface area contributed by atoms with Gasteiger partial charge in [0.2, 0.25) is 0 Å². The van der Waals surface area contributed by atoms with E-state index in [1.807, 2.05) is 62.4 Å². The van der Waals surface area contributed by atoms with Gasteiger partial charge in [-0.25, -0.2) is 4.98 Å². The van der Waals surface area contributed by atoms with Crippen LogP contribution in [0.5, 0.6) is 0 Å². The maximum atomic E-state index is 12.5. The molecule has 0 unspecified atom stereocenters. The number of benzene rings is 2. The van der Waals surface area contributed by atoms with Crippen LogP contribution in [0.25, 0.3) is 10.6 Å². The lowest BCUT2D eigenvalue weighted by molar-refractivity contribution is 0.102. The van der Waals surface area contributed by atoms with Crippen LogP contribution in [0.1, 0.15) is 20.9 Å². The summed E-state index contributed by atoms with van der Waals surface area (Å²) < 4.78 is 0. The molecular weight excluding hydrogens is 328 g/mol. The van der Waals surface area contributed by atoms with Crippen LogP contribution in [0, 0.1) is 13.8 Å². The Kier molecular flexibility index (Phi) is 4.46. The van der Waals surface area contributed by atoms with Gasteiger partial charge in [-0.15, -0.1) is 11.3 Å². The van der Waals surface area contributed by atoms with Gasteiger partial charge >= 0.3 is 0 Å². The second-order valence-electron chi connectivity index (χ2n) is 5.21. The molecule has 0 saturated heterocycles. The summed E-state index contributed by atoms with van der Waals surface area (Å²) in [4.78, 5) is 17.7. The molecule has 0 saturated carbocycles. The Morgan fingerprint density at radius 2 is 1.78 bits per heavy atom. The Bertz CT molecular complexity index is 856. The molecule has 0 bridgehead atoms. The average molecular weight is 343 g/mol. The van der Waals surface area contributed by atoms with E-state index in [2.05, 4.69) is 10.3 Å². The SMILES string of the molecule is Cc1ccccc1NC(=O)c1sc(-c2ccc(Cl)cc2)nc1C. The van der Waals surface area contributed by atoms with E-state index >= 15 is 0 Å². The molecule has 0 aliphatic rings. The molecule has 0 radical (unpaired) electrons. The third kappa shape index (κ3) is 3.44. The zero-order valence-electron chi connectivity index (χ0n) is 12.8. The standard InChI is InChI=1S/C18H15ClN2OS/c1-11-5-3-4-6-15(11)21-17(22)16-12(2)20-18(23-16)13-7-9-14(19)10-8-13/h3-10H,1-2H3,(H,21,22). The third-order valence-electron chi connectivity index (χ3n) is 3.49. The topological polar surface area (TPSA) is 42.0 Å². The number of aromatic nitrogens is 1. The zero-order valence-corrected chi connectivity index (χ0v) is 14.3. The van der Waals surface area contributed by atoms with Crippen molar-refractivity contribution >= 4 is 34.5 Å². The molecule has 1 aromatic heterocycles. The van der Waals surface area contributed by atoms with Crippen molar-refractivity contribution in [2.75, 3.05) is 5.32 Å². The van der Waals surface area contributed by atoms with Crippen LogP contribution >= 0.6 is 22.9 Å². The highest BCUT2D eigenvalue weighted by Crippen LogP contribution is 2.29. The lowest BCUT2D eigenvalue weighted by atomic mass is 10.2. The predicted octanol–water partition coefficient (Wildman–Crippen LogP) is 5.33. The van der Waals surface area contributed by atoms with Crippen molar-refractivity contribution in [1.82, 2.24) is 4.98 Å². The smallest absolute Gasteiger partial charge is 0.267 e. The molecule has 1 N–H and O–H groups in total. The number of nitrogens with one attached hydrogen (secondary N) is 1. The molecule has 1 amide bonds. The van der Waals surface area contributed by atoms with Crippen LogP contribution in [0.15, 0.2) is 48.5 Å². The van der Waals surface area contributed by atoms with Crippen molar-refractivity contribution in [3.05, 3.63) is 69.7 Å². The molecule has 3 rings (SSSR count). The van der Waals surface area contributed by atoms with Crippen molar-refractivity contribution in [1.29, 1.82) is 0 Å². The zero-order chi connectivity index (χ0) is 16.4. The van der Waals surface area contributed by atoms with Gasteiger partial charge in [-0.05, 0) is 37.6 Å². The second-order valence-corrected chi connectivity index (χ2v) is 6.64. The van der Waals surface area contributed by atoms with E-state index in [0.29, 0.717) is 9.90 Å². The lowest BCUT2D eigenvalue weighted by Crippen LogP contribution is -2.12. The van der Waals surface area contributed by atoms with Gasteiger partial charge in [0.05, 0.1) is 5.69 Å². The number of hydrogen-bond donors (Lipinski definition) is 1. The third-order valence-corrected chi connectivity index (χ3v) is 4.94. The number of hydrogen-bond acceptors (Lipinski definition) is 3. The van der Waals surface area contributed by atoms with Crippen molar-refractivity contribution in [2.45, 2.75) is 13.8 Å². The predicted molar refractivity (Wildman–Crippen MR) is 96.4 cm³/mol. The van der Waals surface area contributed by atoms with Crippen LogP contribution in [0.3, 0.4) is 0 Å². The van der Waals surface area contributed by atoms with E-state index in [0.717, 1.165) is 27.5 Å². The number of carbonyl (C=O) groups is 1. The Labute approximate surface area is 144 Å². The first kappa shape index (κ1) is 15.7. The van der Waals surface area contributed by atoms with Gasteiger partial charge in [0.15, 0.2) is 0 Å². The monoisotopic (exact) mass is 342 g/mol. The number of halogens is 1. The average Bonchev–Trinajstić information content (AvgIpc) is 2.92. The van der Waals surface area contributed by atoms with Crippen LogP contribution in [0.4, 0.5) is 5.69 Å². The Balaban J connectivity index is 1.87. The van der Waals surface area contributed by atoms with E-state index in [4.69, 9.17) is 11.6 Å². The molecule has 0 aliphatic carbocycles. The summed E-state index contributed by atoms with van der Waals surface area (Å²) in [5.74, 6) is -0.130. The van der Waals surface area contributed by atoms with Gasteiger partial charge in [0, 0.05) is 16.3 Å². The minimum atomic E-state index is -0.130. The lowest BCUT2D eigenvalue weighted by Gasteiger charge is -2.06. The van der Waals surface area contributed by atoms with Gasteiger partial charge in [-0.2, -0.15) is 0 Å². The highest BCUT2D eigenvalue weighted by Gasteiger charge is 2.16. The van der Waals surface area contributed by atoms with Gasteiger partial charge < -0.3 is 5.32 Å². The molecule has 0 fully saturated rings. The summed E-state index contributed by atoms with van der Waals surface area (Å²) in [6.45, 7) is 3.82. The number of thiazole rings is 1. The first-order valence-corrected chi connectivity index (χ1v) is 8.34. The number of amides is 1. The number of carbonyl (C=O) groups excluding carboxylic acids is 1. The molecule has 0 atom stereocenters. The number of para-hydroxylation sites is 1. The minimum Gasteiger partial charge on any atom is -0.321 e. The first-order chi connectivity index (χ1) is 11.0. The molecule has 0 aliphatic heterocycles. The van der Waals surface area contributed by atoms with Crippen molar-refractivity contribution in [3.63, 3.8) is 0 Å². The van der Waals surface area contributed by atoms with E-state index in [9.17, 15) is 4.79 Å². The summed E-state index contributed by atoms with van der Waals surface area (Å²) in [6.07, 6.45) is 0. The summed E-state index contributed by atoms with van der Waals surface area (Å²) in [7, 11) is 0. The molecular formula is C18H15ClN2OS. The van der Waals surface area contributed by atoms with E-state index in [-0.39, 0.29) is 5.91 Å². The van der Waals surface area contributed by atoms with Crippen molar-refractivity contribution in [3.8, 4) is 10.6 Å². The number of anilines is 1. The maximum Gasteiger partial charge on any atom is 0.267 e. The minimum absolute atomic E-state index is 0.130. The molecule has 3 aromatic rings. The summed E-state index contributed by atoms with van der Waals surface area (Å²) >= 11 is 7.30. The molecule has 23 heavy (non-hydrogen) atoms. The van der Waals surface area contributed by atoms with Crippen molar-refractivity contribution in [2.24, 2.45) is 0 Å². The highest BCUT2D eigenvalue weighted by atomic mass is 35.5. The molecule has 116 valence electrons. The highest BCUT2D eigenvalue weighted by molar-refractivity contribution is 7.17. The van der Waals surface area contributed by atoms with Gasteiger partial charge in [-0.1, -0.05) is 41.9 Å². The maximum absolute atomic E-state index is 12.5. The Hall–Kier alpha value is -2.17. The Morgan fingerprint density at radius 1 is 1.09 bits per heavy atom. The fourth-order valence-electron chi connectivity index (χ4n) is 2.22.